The molecule has 0 saturated heterocycles. The van der Waals surface area contributed by atoms with Gasteiger partial charge in [-0.25, -0.2) is 4.98 Å². The minimum absolute atomic E-state index is 0.186. The van der Waals surface area contributed by atoms with Gasteiger partial charge in [0.2, 0.25) is 17.7 Å². The number of amides is 1. The molecular formula is C13H17N3O4. The third kappa shape index (κ3) is 3.23. The Kier molecular flexibility index (Phi) is 4.16. The first-order valence-electron chi connectivity index (χ1n) is 6.43. The number of aliphatic carboxylic acids is 1. The van der Waals surface area contributed by atoms with Crippen molar-refractivity contribution in [1.82, 2.24) is 9.97 Å². The van der Waals surface area contributed by atoms with Crippen LogP contribution in [0.1, 0.15) is 25.0 Å². The third-order valence-corrected chi connectivity index (χ3v) is 3.43. The van der Waals surface area contributed by atoms with Crippen molar-refractivity contribution in [2.75, 3.05) is 12.4 Å². The first kappa shape index (κ1) is 14.2. The molecule has 0 bridgehead atoms. The molecule has 0 aliphatic heterocycles. The molecule has 1 saturated carbocycles. The van der Waals surface area contributed by atoms with Crippen LogP contribution in [-0.2, 0) is 9.59 Å². The maximum Gasteiger partial charge on any atom is 0.306 e. The van der Waals surface area contributed by atoms with Crippen molar-refractivity contribution in [3.63, 3.8) is 0 Å². The van der Waals surface area contributed by atoms with Crippen LogP contribution in [0.25, 0.3) is 0 Å². The number of anilines is 1. The fourth-order valence-electron chi connectivity index (χ4n) is 2.36. The summed E-state index contributed by atoms with van der Waals surface area (Å²) in [7, 11) is 1.49. The van der Waals surface area contributed by atoms with Gasteiger partial charge >= 0.3 is 5.97 Å². The topological polar surface area (TPSA) is 101 Å². The van der Waals surface area contributed by atoms with E-state index in [4.69, 9.17) is 9.84 Å². The normalized spacial score (nSPS) is 21.5. The van der Waals surface area contributed by atoms with E-state index in [2.05, 4.69) is 15.3 Å². The van der Waals surface area contributed by atoms with Crippen LogP contribution in [0.5, 0.6) is 5.88 Å². The second kappa shape index (κ2) is 5.85. The highest BCUT2D eigenvalue weighted by Crippen LogP contribution is 2.31. The number of aryl methyl sites for hydroxylation is 1. The zero-order valence-electron chi connectivity index (χ0n) is 11.4. The molecule has 0 spiro atoms. The van der Waals surface area contributed by atoms with Crippen LogP contribution in [0.4, 0.5) is 5.95 Å². The fraction of sp³-hybridized carbons (Fsp3) is 0.538. The molecule has 1 fully saturated rings. The number of ether oxygens (including phenoxy) is 1. The van der Waals surface area contributed by atoms with Gasteiger partial charge in [0.15, 0.2) is 0 Å². The van der Waals surface area contributed by atoms with E-state index in [1.54, 1.807) is 13.0 Å². The van der Waals surface area contributed by atoms with Crippen molar-refractivity contribution >= 4 is 17.8 Å². The molecule has 1 aromatic heterocycles. The minimum Gasteiger partial charge on any atom is -0.481 e. The van der Waals surface area contributed by atoms with Crippen molar-refractivity contribution < 1.29 is 19.4 Å². The number of carbonyl (C=O) groups is 2. The van der Waals surface area contributed by atoms with Crippen LogP contribution in [0, 0.1) is 18.8 Å². The number of nitrogens with one attached hydrogen (secondary N) is 1. The molecule has 2 N–H and O–H groups in total. The van der Waals surface area contributed by atoms with E-state index >= 15 is 0 Å². The summed E-state index contributed by atoms with van der Waals surface area (Å²) in [6.07, 6.45) is 1.47. The van der Waals surface area contributed by atoms with Gasteiger partial charge in [-0.15, -0.1) is 0 Å². The summed E-state index contributed by atoms with van der Waals surface area (Å²) in [4.78, 5) is 31.1. The molecule has 1 heterocycles. The predicted molar refractivity (Wildman–Crippen MR) is 70.4 cm³/mol. The van der Waals surface area contributed by atoms with Crippen molar-refractivity contribution in [3.05, 3.63) is 11.8 Å². The Bertz CT molecular complexity index is 532. The van der Waals surface area contributed by atoms with Crippen LogP contribution in [0.2, 0.25) is 0 Å². The number of carboxylic acid groups (broad SMARTS) is 1. The highest BCUT2D eigenvalue weighted by Gasteiger charge is 2.34. The highest BCUT2D eigenvalue weighted by molar-refractivity contribution is 5.91. The quantitative estimate of drug-likeness (QED) is 0.859. The maximum absolute atomic E-state index is 12.1. The lowest BCUT2D eigenvalue weighted by molar-refractivity contribution is -0.141. The molecular weight excluding hydrogens is 262 g/mol. The second-order valence-corrected chi connectivity index (χ2v) is 4.91. The van der Waals surface area contributed by atoms with Gasteiger partial charge in [-0.1, -0.05) is 0 Å². The number of methoxy groups -OCH3 is 1. The zero-order chi connectivity index (χ0) is 14.7. The smallest absolute Gasteiger partial charge is 0.306 e. The standard InChI is InChI=1S/C13H17N3O4/c1-7-5-10(20-2)15-13(14-7)16-11(17)8-3-4-9(6-8)12(18)19/h5,8-9H,3-4,6H2,1-2H3,(H,18,19)(H,14,15,16,17). The van der Waals surface area contributed by atoms with Gasteiger partial charge in [0.05, 0.1) is 13.0 Å². The molecule has 108 valence electrons. The summed E-state index contributed by atoms with van der Waals surface area (Å²) in [6.45, 7) is 1.77. The van der Waals surface area contributed by atoms with Gasteiger partial charge in [0.1, 0.15) is 0 Å². The van der Waals surface area contributed by atoms with Crippen molar-refractivity contribution in [2.24, 2.45) is 11.8 Å². The van der Waals surface area contributed by atoms with Crippen LogP contribution >= 0.6 is 0 Å². The summed E-state index contributed by atoms with van der Waals surface area (Å²) in [5.41, 5.74) is 0.682. The minimum atomic E-state index is -0.839. The largest absolute Gasteiger partial charge is 0.481 e. The average Bonchev–Trinajstić information content (AvgIpc) is 2.87. The van der Waals surface area contributed by atoms with E-state index < -0.39 is 11.9 Å². The summed E-state index contributed by atoms with van der Waals surface area (Å²) in [5, 5.41) is 11.6. The lowest BCUT2D eigenvalue weighted by atomic mass is 10.0. The number of nitrogens with zero attached hydrogens (tertiary/aromatic N) is 2. The Morgan fingerprint density at radius 1 is 1.35 bits per heavy atom. The first-order valence-corrected chi connectivity index (χ1v) is 6.43. The van der Waals surface area contributed by atoms with E-state index in [1.807, 2.05) is 0 Å². The van der Waals surface area contributed by atoms with Gasteiger partial charge in [0.25, 0.3) is 0 Å². The monoisotopic (exact) mass is 279 g/mol. The summed E-state index contributed by atoms with van der Waals surface area (Å²) >= 11 is 0. The molecule has 2 unspecified atom stereocenters. The van der Waals surface area contributed by atoms with Crippen LogP contribution in [-0.4, -0.2) is 34.1 Å². The molecule has 0 radical (unpaired) electrons. The SMILES string of the molecule is COc1cc(C)nc(NC(=O)C2CCC(C(=O)O)C2)n1. The Labute approximate surface area is 116 Å². The molecule has 2 rings (SSSR count). The number of carbonyl (C=O) groups excluding carboxylic acids is 1. The van der Waals surface area contributed by atoms with Crippen LogP contribution in [0.3, 0.4) is 0 Å². The van der Waals surface area contributed by atoms with Crippen LogP contribution in [0.15, 0.2) is 6.07 Å². The molecule has 2 atom stereocenters. The molecule has 1 aromatic rings. The first-order chi connectivity index (χ1) is 9.49. The van der Waals surface area contributed by atoms with Crippen molar-refractivity contribution in [3.8, 4) is 5.88 Å². The number of aromatic nitrogens is 2. The fourth-order valence-corrected chi connectivity index (χ4v) is 2.36. The molecule has 1 aliphatic rings. The van der Waals surface area contributed by atoms with Crippen molar-refractivity contribution in [2.45, 2.75) is 26.2 Å². The van der Waals surface area contributed by atoms with E-state index in [0.29, 0.717) is 30.8 Å². The zero-order valence-corrected chi connectivity index (χ0v) is 11.4. The van der Waals surface area contributed by atoms with E-state index in [9.17, 15) is 9.59 Å². The molecule has 20 heavy (non-hydrogen) atoms. The van der Waals surface area contributed by atoms with E-state index in [-0.39, 0.29) is 17.8 Å². The predicted octanol–water partition coefficient (Wildman–Crippen LogP) is 1.23. The molecule has 7 heteroatoms. The lowest BCUT2D eigenvalue weighted by Gasteiger charge is -2.10. The molecule has 1 amide bonds. The lowest BCUT2D eigenvalue weighted by Crippen LogP contribution is -2.23. The Hall–Kier alpha value is -2.18. The third-order valence-electron chi connectivity index (χ3n) is 3.43. The Morgan fingerprint density at radius 3 is 2.65 bits per heavy atom. The maximum atomic E-state index is 12.1. The van der Waals surface area contributed by atoms with E-state index in [0.717, 1.165) is 0 Å². The van der Waals surface area contributed by atoms with Gasteiger partial charge in [-0.2, -0.15) is 4.98 Å². The highest BCUT2D eigenvalue weighted by atomic mass is 16.5. The van der Waals surface area contributed by atoms with E-state index in [1.165, 1.54) is 7.11 Å². The van der Waals surface area contributed by atoms with Gasteiger partial charge in [-0.3, -0.25) is 14.9 Å². The van der Waals surface area contributed by atoms with Gasteiger partial charge < -0.3 is 9.84 Å². The number of hydrogen-bond donors (Lipinski definition) is 2. The molecule has 1 aliphatic carbocycles. The average molecular weight is 279 g/mol. The summed E-state index contributed by atoms with van der Waals surface area (Å²) < 4.78 is 5.01. The van der Waals surface area contributed by atoms with Crippen LogP contribution < -0.4 is 10.1 Å². The number of rotatable bonds is 4. The summed E-state index contributed by atoms with van der Waals surface area (Å²) in [6, 6.07) is 1.66. The molecule has 7 nitrogen and oxygen atoms in total. The summed E-state index contributed by atoms with van der Waals surface area (Å²) in [5.74, 6) is -1.24. The van der Waals surface area contributed by atoms with Crippen molar-refractivity contribution in [1.29, 1.82) is 0 Å². The van der Waals surface area contributed by atoms with Gasteiger partial charge in [0, 0.05) is 17.7 Å². The molecule has 0 aromatic carbocycles. The Morgan fingerprint density at radius 2 is 2.05 bits per heavy atom. The Balaban J connectivity index is 2.02. The number of hydrogen-bond acceptors (Lipinski definition) is 5. The second-order valence-electron chi connectivity index (χ2n) is 4.91. The number of carboxylic acids is 1. The van der Waals surface area contributed by atoms with Gasteiger partial charge in [-0.05, 0) is 26.2 Å².